The number of imide groups is 1. The van der Waals surface area contributed by atoms with Gasteiger partial charge in [-0.2, -0.15) is 0 Å². The van der Waals surface area contributed by atoms with Gasteiger partial charge in [0.05, 0.1) is 0 Å². The minimum Gasteiger partial charge on any atom is -0.299 e. The zero-order chi connectivity index (χ0) is 10.6. The van der Waals surface area contributed by atoms with Crippen LogP contribution in [0.1, 0.15) is 58.3 Å². The standard InChI is InChI=1S/C11H21NO2/c1-2-3-4-5-6-7-8-9-11(14)12-10-13/h10H,2-9H2,1H3,(H,12,13,14). The van der Waals surface area contributed by atoms with Crippen molar-refractivity contribution in [2.24, 2.45) is 0 Å². The molecule has 0 spiro atoms. The molecule has 0 aliphatic heterocycles. The lowest BCUT2D eigenvalue weighted by Crippen LogP contribution is -2.20. The van der Waals surface area contributed by atoms with Crippen molar-refractivity contribution >= 4 is 12.3 Å². The van der Waals surface area contributed by atoms with E-state index in [1.807, 2.05) is 0 Å². The lowest BCUT2D eigenvalue weighted by atomic mass is 10.1. The van der Waals surface area contributed by atoms with Crippen LogP contribution in [-0.4, -0.2) is 12.3 Å². The number of hydrogen-bond donors (Lipinski definition) is 1. The van der Waals surface area contributed by atoms with Crippen molar-refractivity contribution in [3.8, 4) is 0 Å². The van der Waals surface area contributed by atoms with Gasteiger partial charge in [0, 0.05) is 6.42 Å². The molecule has 0 heterocycles. The SMILES string of the molecule is CCCCCCCCCC(=O)NC=O. The first kappa shape index (κ1) is 13.1. The van der Waals surface area contributed by atoms with Crippen LogP contribution in [0.5, 0.6) is 0 Å². The van der Waals surface area contributed by atoms with Crippen LogP contribution in [0.25, 0.3) is 0 Å². The summed E-state index contributed by atoms with van der Waals surface area (Å²) in [5, 5.41) is 2.14. The molecule has 0 aromatic carbocycles. The van der Waals surface area contributed by atoms with Crippen molar-refractivity contribution in [3.63, 3.8) is 0 Å². The maximum absolute atomic E-state index is 10.8. The Bertz CT molecular complexity index is 157. The van der Waals surface area contributed by atoms with E-state index in [4.69, 9.17) is 0 Å². The molecule has 0 aliphatic carbocycles. The maximum atomic E-state index is 10.8. The van der Waals surface area contributed by atoms with E-state index in [1.54, 1.807) is 0 Å². The summed E-state index contributed by atoms with van der Waals surface area (Å²) in [6.45, 7) is 2.20. The number of unbranched alkanes of at least 4 members (excludes halogenated alkanes) is 6. The summed E-state index contributed by atoms with van der Waals surface area (Å²) >= 11 is 0. The molecule has 0 saturated carbocycles. The molecule has 3 heteroatoms. The van der Waals surface area contributed by atoms with Crippen molar-refractivity contribution in [2.75, 3.05) is 0 Å². The predicted molar refractivity (Wildman–Crippen MR) is 56.8 cm³/mol. The maximum Gasteiger partial charge on any atom is 0.226 e. The van der Waals surface area contributed by atoms with E-state index in [0.29, 0.717) is 12.8 Å². The van der Waals surface area contributed by atoms with E-state index in [2.05, 4.69) is 12.2 Å². The number of hydrogen-bond acceptors (Lipinski definition) is 2. The number of nitrogens with one attached hydrogen (secondary N) is 1. The van der Waals surface area contributed by atoms with Gasteiger partial charge in [-0.1, -0.05) is 45.4 Å². The topological polar surface area (TPSA) is 46.2 Å². The number of carbonyl (C=O) groups excluding carboxylic acids is 2. The highest BCUT2D eigenvalue weighted by atomic mass is 16.2. The molecule has 1 N–H and O–H groups in total. The lowest BCUT2D eigenvalue weighted by Gasteiger charge is -2.00. The summed E-state index contributed by atoms with van der Waals surface area (Å²) in [7, 11) is 0. The fraction of sp³-hybridized carbons (Fsp3) is 0.818. The molecule has 0 bridgehead atoms. The molecule has 0 aliphatic rings. The fourth-order valence-electron chi connectivity index (χ4n) is 1.38. The number of rotatable bonds is 9. The van der Waals surface area contributed by atoms with Gasteiger partial charge in [-0.25, -0.2) is 0 Å². The molecule has 0 aromatic heterocycles. The summed E-state index contributed by atoms with van der Waals surface area (Å²) in [6, 6.07) is 0. The van der Waals surface area contributed by atoms with Crippen LogP contribution in [0.2, 0.25) is 0 Å². The van der Waals surface area contributed by atoms with Gasteiger partial charge < -0.3 is 0 Å². The van der Waals surface area contributed by atoms with Gasteiger partial charge in [-0.3, -0.25) is 14.9 Å². The van der Waals surface area contributed by atoms with Gasteiger partial charge in [-0.05, 0) is 6.42 Å². The Labute approximate surface area is 86.3 Å². The van der Waals surface area contributed by atoms with Crippen molar-refractivity contribution in [3.05, 3.63) is 0 Å². The van der Waals surface area contributed by atoms with Crippen LogP contribution in [0.15, 0.2) is 0 Å². The molecule has 0 radical (unpaired) electrons. The summed E-state index contributed by atoms with van der Waals surface area (Å²) in [5.41, 5.74) is 0. The first-order valence-electron chi connectivity index (χ1n) is 5.54. The molecular formula is C11H21NO2. The number of carbonyl (C=O) groups is 2. The first-order valence-corrected chi connectivity index (χ1v) is 5.54. The Kier molecular flexibility index (Phi) is 9.59. The average molecular weight is 199 g/mol. The molecular weight excluding hydrogens is 178 g/mol. The molecule has 3 nitrogen and oxygen atoms in total. The Balaban J connectivity index is 3.05. The summed E-state index contributed by atoms with van der Waals surface area (Å²) < 4.78 is 0. The Morgan fingerprint density at radius 2 is 1.64 bits per heavy atom. The zero-order valence-electron chi connectivity index (χ0n) is 9.05. The Morgan fingerprint density at radius 1 is 1.07 bits per heavy atom. The first-order chi connectivity index (χ1) is 6.81. The molecule has 0 aromatic rings. The van der Waals surface area contributed by atoms with Crippen LogP contribution < -0.4 is 5.32 Å². The summed E-state index contributed by atoms with van der Waals surface area (Å²) in [5.74, 6) is -0.159. The van der Waals surface area contributed by atoms with Crippen molar-refractivity contribution < 1.29 is 9.59 Å². The van der Waals surface area contributed by atoms with E-state index in [9.17, 15) is 9.59 Å². The second-order valence-electron chi connectivity index (χ2n) is 3.56. The monoisotopic (exact) mass is 199 g/mol. The highest BCUT2D eigenvalue weighted by molar-refractivity contribution is 5.85. The molecule has 0 saturated heterocycles. The van der Waals surface area contributed by atoms with Gasteiger partial charge in [0.15, 0.2) is 0 Å². The van der Waals surface area contributed by atoms with Crippen LogP contribution in [0.4, 0.5) is 0 Å². The predicted octanol–water partition coefficient (Wildman–Crippen LogP) is 2.40. The second-order valence-corrected chi connectivity index (χ2v) is 3.56. The van der Waals surface area contributed by atoms with Gasteiger partial charge in [0.25, 0.3) is 0 Å². The van der Waals surface area contributed by atoms with Crippen molar-refractivity contribution in [2.45, 2.75) is 58.3 Å². The van der Waals surface area contributed by atoms with Gasteiger partial charge in [0.2, 0.25) is 12.3 Å². The molecule has 0 unspecified atom stereocenters. The van der Waals surface area contributed by atoms with Crippen LogP contribution in [-0.2, 0) is 9.59 Å². The molecule has 0 atom stereocenters. The fourth-order valence-corrected chi connectivity index (χ4v) is 1.38. The van der Waals surface area contributed by atoms with Crippen molar-refractivity contribution in [1.82, 2.24) is 5.32 Å². The number of amides is 2. The Morgan fingerprint density at radius 3 is 2.21 bits per heavy atom. The second kappa shape index (κ2) is 10.2. The highest BCUT2D eigenvalue weighted by Crippen LogP contribution is 2.07. The normalized spacial score (nSPS) is 9.79. The highest BCUT2D eigenvalue weighted by Gasteiger charge is 1.98. The third kappa shape index (κ3) is 9.23. The van der Waals surface area contributed by atoms with Crippen molar-refractivity contribution in [1.29, 1.82) is 0 Å². The van der Waals surface area contributed by atoms with E-state index in [-0.39, 0.29) is 5.91 Å². The smallest absolute Gasteiger partial charge is 0.226 e. The average Bonchev–Trinajstić information content (AvgIpc) is 2.17. The third-order valence-corrected chi connectivity index (χ3v) is 2.23. The zero-order valence-corrected chi connectivity index (χ0v) is 9.05. The van der Waals surface area contributed by atoms with E-state index >= 15 is 0 Å². The van der Waals surface area contributed by atoms with E-state index in [0.717, 1.165) is 12.8 Å². The van der Waals surface area contributed by atoms with Gasteiger partial charge >= 0.3 is 0 Å². The van der Waals surface area contributed by atoms with Crippen LogP contribution >= 0.6 is 0 Å². The Hall–Kier alpha value is -0.860. The largest absolute Gasteiger partial charge is 0.299 e. The summed E-state index contributed by atoms with van der Waals surface area (Å²) in [4.78, 5) is 20.7. The summed E-state index contributed by atoms with van der Waals surface area (Å²) in [6.07, 6.45) is 9.26. The molecule has 14 heavy (non-hydrogen) atoms. The minimum absolute atomic E-state index is 0.159. The van der Waals surface area contributed by atoms with Crippen LogP contribution in [0.3, 0.4) is 0 Å². The third-order valence-electron chi connectivity index (χ3n) is 2.23. The van der Waals surface area contributed by atoms with E-state index < -0.39 is 0 Å². The van der Waals surface area contributed by atoms with Crippen LogP contribution in [0, 0.1) is 0 Å². The van der Waals surface area contributed by atoms with Gasteiger partial charge in [0.1, 0.15) is 0 Å². The molecule has 0 fully saturated rings. The van der Waals surface area contributed by atoms with E-state index in [1.165, 1.54) is 32.1 Å². The molecule has 0 rings (SSSR count). The lowest BCUT2D eigenvalue weighted by molar-refractivity contribution is -0.125. The molecule has 2 amide bonds. The molecule has 82 valence electrons. The van der Waals surface area contributed by atoms with Gasteiger partial charge in [-0.15, -0.1) is 0 Å². The quantitative estimate of drug-likeness (QED) is 0.458. The minimum atomic E-state index is -0.159.